The van der Waals surface area contributed by atoms with Gasteiger partial charge in [0.05, 0.1) is 25.6 Å². The largest absolute Gasteiger partial charge is 0.370 e. The lowest BCUT2D eigenvalue weighted by molar-refractivity contribution is -0.139. The average molecular weight is 367 g/mol. The molecule has 2 aromatic carbocycles. The molecule has 1 aliphatic rings. The number of ether oxygens (including phenoxy) is 1. The second-order valence-electron chi connectivity index (χ2n) is 6.73. The Balaban J connectivity index is 1.71. The highest BCUT2D eigenvalue weighted by molar-refractivity contribution is 5.79. The van der Waals surface area contributed by atoms with Crippen LogP contribution in [0.4, 0.5) is 4.79 Å². The molecular weight excluding hydrogens is 342 g/mol. The normalized spacial score (nSPS) is 18.0. The minimum atomic E-state index is -0.639. The predicted molar refractivity (Wildman–Crippen MR) is 103 cm³/mol. The van der Waals surface area contributed by atoms with Crippen molar-refractivity contribution in [3.8, 4) is 0 Å². The lowest BCUT2D eigenvalue weighted by Gasteiger charge is -2.34. The van der Waals surface area contributed by atoms with Crippen LogP contribution in [0.3, 0.4) is 0 Å². The summed E-state index contributed by atoms with van der Waals surface area (Å²) in [5.41, 5.74) is 8.30. The standard InChI is InChI=1S/C21H25N3O3/c1-15-7-5-6-10-17(15)18(23-21(22)26)13-20(25)24-11-12-27-19(14-24)16-8-3-2-4-9-16/h2-10,18-19H,11-14H2,1H3,(H3,22,23,26)/t18-,19-/m1/s1. The van der Waals surface area contributed by atoms with Gasteiger partial charge in [-0.2, -0.15) is 0 Å². The summed E-state index contributed by atoms with van der Waals surface area (Å²) in [6.07, 6.45) is 0.0277. The first-order valence-corrected chi connectivity index (χ1v) is 9.10. The van der Waals surface area contributed by atoms with E-state index in [4.69, 9.17) is 10.5 Å². The van der Waals surface area contributed by atoms with Gasteiger partial charge in [0.2, 0.25) is 5.91 Å². The first-order chi connectivity index (χ1) is 13.0. The molecule has 1 aliphatic heterocycles. The first kappa shape index (κ1) is 18.9. The SMILES string of the molecule is Cc1ccccc1[C@@H](CC(=O)N1CCO[C@@H](c2ccccc2)C1)NC(N)=O. The summed E-state index contributed by atoms with van der Waals surface area (Å²) >= 11 is 0. The van der Waals surface area contributed by atoms with Crippen LogP contribution in [0, 0.1) is 6.92 Å². The summed E-state index contributed by atoms with van der Waals surface area (Å²) in [6.45, 7) is 3.48. The molecular formula is C21H25N3O3. The Kier molecular flexibility index (Phi) is 6.08. The van der Waals surface area contributed by atoms with Crippen molar-refractivity contribution in [2.45, 2.75) is 25.5 Å². The number of nitrogens with two attached hydrogens (primary N) is 1. The van der Waals surface area contributed by atoms with E-state index in [0.717, 1.165) is 16.7 Å². The van der Waals surface area contributed by atoms with E-state index in [-0.39, 0.29) is 18.4 Å². The Bertz CT molecular complexity index is 794. The molecule has 1 saturated heterocycles. The van der Waals surface area contributed by atoms with Crippen molar-refractivity contribution >= 4 is 11.9 Å². The molecule has 2 atom stereocenters. The van der Waals surface area contributed by atoms with Crippen LogP contribution < -0.4 is 11.1 Å². The maximum absolute atomic E-state index is 12.9. The van der Waals surface area contributed by atoms with Crippen molar-refractivity contribution in [1.82, 2.24) is 10.2 Å². The van der Waals surface area contributed by atoms with Crippen LogP contribution in [0.5, 0.6) is 0 Å². The monoisotopic (exact) mass is 367 g/mol. The van der Waals surface area contributed by atoms with Gasteiger partial charge in [-0.15, -0.1) is 0 Å². The van der Waals surface area contributed by atoms with Crippen LogP contribution in [-0.4, -0.2) is 36.5 Å². The van der Waals surface area contributed by atoms with E-state index < -0.39 is 12.1 Å². The van der Waals surface area contributed by atoms with E-state index in [1.807, 2.05) is 61.5 Å². The molecule has 27 heavy (non-hydrogen) atoms. The molecule has 3 amide bonds. The molecule has 1 fully saturated rings. The topological polar surface area (TPSA) is 84.7 Å². The van der Waals surface area contributed by atoms with Gasteiger partial charge >= 0.3 is 6.03 Å². The number of nitrogens with zero attached hydrogens (tertiary/aromatic N) is 1. The molecule has 0 aromatic heterocycles. The van der Waals surface area contributed by atoms with E-state index in [1.54, 1.807) is 4.90 Å². The maximum Gasteiger partial charge on any atom is 0.312 e. The van der Waals surface area contributed by atoms with Crippen molar-refractivity contribution in [2.24, 2.45) is 5.73 Å². The Morgan fingerprint density at radius 2 is 1.89 bits per heavy atom. The van der Waals surface area contributed by atoms with Crippen molar-refractivity contribution in [3.05, 3.63) is 71.3 Å². The van der Waals surface area contributed by atoms with Gasteiger partial charge in [0.15, 0.2) is 0 Å². The Hall–Kier alpha value is -2.86. The number of rotatable bonds is 5. The van der Waals surface area contributed by atoms with Gasteiger partial charge in [-0.05, 0) is 23.6 Å². The lowest BCUT2D eigenvalue weighted by atomic mass is 9.98. The van der Waals surface area contributed by atoms with Crippen molar-refractivity contribution in [2.75, 3.05) is 19.7 Å². The summed E-state index contributed by atoms with van der Waals surface area (Å²) in [5.74, 6) is -0.0266. The molecule has 0 aliphatic carbocycles. The number of amides is 3. The fourth-order valence-electron chi connectivity index (χ4n) is 3.44. The highest BCUT2D eigenvalue weighted by atomic mass is 16.5. The van der Waals surface area contributed by atoms with Crippen LogP contribution >= 0.6 is 0 Å². The molecule has 0 bridgehead atoms. The molecule has 142 valence electrons. The van der Waals surface area contributed by atoms with Gasteiger partial charge in [0.25, 0.3) is 0 Å². The van der Waals surface area contributed by atoms with Gasteiger partial charge in [-0.25, -0.2) is 4.79 Å². The number of aryl methyl sites for hydroxylation is 1. The van der Waals surface area contributed by atoms with Crippen molar-refractivity contribution in [1.29, 1.82) is 0 Å². The summed E-state index contributed by atoms with van der Waals surface area (Å²) in [7, 11) is 0. The molecule has 0 saturated carbocycles. The second kappa shape index (κ2) is 8.68. The zero-order chi connectivity index (χ0) is 19.2. The number of carbonyl (C=O) groups is 2. The Morgan fingerprint density at radius 1 is 1.19 bits per heavy atom. The van der Waals surface area contributed by atoms with E-state index in [2.05, 4.69) is 5.32 Å². The van der Waals surface area contributed by atoms with Gasteiger partial charge in [-0.3, -0.25) is 4.79 Å². The summed E-state index contributed by atoms with van der Waals surface area (Å²) in [6, 6.07) is 16.5. The number of urea groups is 1. The van der Waals surface area contributed by atoms with E-state index in [9.17, 15) is 9.59 Å². The molecule has 1 heterocycles. The average Bonchev–Trinajstić information content (AvgIpc) is 2.68. The van der Waals surface area contributed by atoms with Gasteiger partial charge in [-0.1, -0.05) is 54.6 Å². The second-order valence-corrected chi connectivity index (χ2v) is 6.73. The molecule has 6 heteroatoms. The van der Waals surface area contributed by atoms with E-state index in [0.29, 0.717) is 19.7 Å². The number of carbonyl (C=O) groups excluding carboxylic acids is 2. The van der Waals surface area contributed by atoms with Crippen LogP contribution in [0.1, 0.15) is 35.3 Å². The molecule has 0 unspecified atom stereocenters. The van der Waals surface area contributed by atoms with Crippen LogP contribution in [-0.2, 0) is 9.53 Å². The van der Waals surface area contributed by atoms with Gasteiger partial charge < -0.3 is 20.7 Å². The zero-order valence-corrected chi connectivity index (χ0v) is 15.4. The zero-order valence-electron chi connectivity index (χ0n) is 15.4. The summed E-state index contributed by atoms with van der Waals surface area (Å²) in [4.78, 5) is 26.2. The molecule has 0 radical (unpaired) electrons. The highest BCUT2D eigenvalue weighted by Gasteiger charge is 2.28. The number of nitrogens with one attached hydrogen (secondary N) is 1. The quantitative estimate of drug-likeness (QED) is 0.852. The first-order valence-electron chi connectivity index (χ1n) is 9.10. The molecule has 3 rings (SSSR count). The van der Waals surface area contributed by atoms with Crippen LogP contribution in [0.15, 0.2) is 54.6 Å². The summed E-state index contributed by atoms with van der Waals surface area (Å²) in [5, 5.41) is 2.71. The predicted octanol–water partition coefficient (Wildman–Crippen LogP) is 2.69. The third-order valence-corrected chi connectivity index (χ3v) is 4.85. The highest BCUT2D eigenvalue weighted by Crippen LogP contribution is 2.25. The van der Waals surface area contributed by atoms with Gasteiger partial charge in [0.1, 0.15) is 6.10 Å². The van der Waals surface area contributed by atoms with Crippen LogP contribution in [0.25, 0.3) is 0 Å². The van der Waals surface area contributed by atoms with Crippen molar-refractivity contribution in [3.63, 3.8) is 0 Å². The lowest BCUT2D eigenvalue weighted by Crippen LogP contribution is -2.44. The smallest absolute Gasteiger partial charge is 0.312 e. The molecule has 6 nitrogen and oxygen atoms in total. The number of morpholine rings is 1. The van der Waals surface area contributed by atoms with Gasteiger partial charge in [0, 0.05) is 6.54 Å². The molecule has 2 aromatic rings. The minimum Gasteiger partial charge on any atom is -0.370 e. The fraction of sp³-hybridized carbons (Fsp3) is 0.333. The number of hydrogen-bond acceptors (Lipinski definition) is 3. The third-order valence-electron chi connectivity index (χ3n) is 4.85. The van der Waals surface area contributed by atoms with Crippen LogP contribution in [0.2, 0.25) is 0 Å². The number of hydrogen-bond donors (Lipinski definition) is 2. The molecule has 0 spiro atoms. The Labute approximate surface area is 159 Å². The minimum absolute atomic E-state index is 0.0266. The third kappa shape index (κ3) is 4.86. The number of benzene rings is 2. The summed E-state index contributed by atoms with van der Waals surface area (Å²) < 4.78 is 5.83. The van der Waals surface area contributed by atoms with Crippen molar-refractivity contribution < 1.29 is 14.3 Å². The maximum atomic E-state index is 12.9. The number of primary amides is 1. The van der Waals surface area contributed by atoms with E-state index >= 15 is 0 Å². The van der Waals surface area contributed by atoms with E-state index in [1.165, 1.54) is 0 Å². The Morgan fingerprint density at radius 3 is 2.59 bits per heavy atom. The fourth-order valence-corrected chi connectivity index (χ4v) is 3.44. The molecule has 3 N–H and O–H groups in total.